The second kappa shape index (κ2) is 9.53. The summed E-state index contributed by atoms with van der Waals surface area (Å²) in [5, 5.41) is 0. The van der Waals surface area contributed by atoms with Crippen LogP contribution >= 0.6 is 0 Å². The third-order valence-corrected chi connectivity index (χ3v) is 2.66. The molecule has 1 aromatic carbocycles. The van der Waals surface area contributed by atoms with Gasteiger partial charge in [-0.25, -0.2) is 0 Å². The smallest absolute Gasteiger partial charge is 0.320 e. The first-order valence-corrected chi connectivity index (χ1v) is 6.75. The summed E-state index contributed by atoms with van der Waals surface area (Å²) < 4.78 is 10.3. The number of esters is 1. The Bertz CT molecular complexity index is 354. The predicted octanol–water partition coefficient (Wildman–Crippen LogP) is 2.09. The molecule has 0 fully saturated rings. The van der Waals surface area contributed by atoms with E-state index in [2.05, 4.69) is 12.1 Å². The average molecular weight is 265 g/mol. The normalized spacial score (nSPS) is 10.7. The monoisotopic (exact) mass is 265 g/mol. The molecule has 0 aliphatic carbocycles. The molecule has 4 nitrogen and oxygen atoms in total. The molecule has 19 heavy (non-hydrogen) atoms. The van der Waals surface area contributed by atoms with Crippen molar-refractivity contribution < 1.29 is 14.3 Å². The summed E-state index contributed by atoms with van der Waals surface area (Å²) in [5.74, 6) is -0.185. The van der Waals surface area contributed by atoms with Gasteiger partial charge in [0.25, 0.3) is 0 Å². The summed E-state index contributed by atoms with van der Waals surface area (Å²) in [6.07, 6.45) is 0. The fraction of sp³-hybridized carbons (Fsp3) is 0.533. The molecule has 0 N–H and O–H groups in total. The van der Waals surface area contributed by atoms with Gasteiger partial charge in [0, 0.05) is 19.7 Å². The van der Waals surface area contributed by atoms with Crippen molar-refractivity contribution in [3.63, 3.8) is 0 Å². The first kappa shape index (κ1) is 15.7. The second-order valence-electron chi connectivity index (χ2n) is 4.20. The molecule has 0 aliphatic rings. The maximum Gasteiger partial charge on any atom is 0.320 e. The van der Waals surface area contributed by atoms with Gasteiger partial charge in [-0.05, 0) is 19.4 Å². The first-order chi connectivity index (χ1) is 9.26. The highest BCUT2D eigenvalue weighted by Crippen LogP contribution is 2.04. The van der Waals surface area contributed by atoms with E-state index in [1.807, 2.05) is 36.9 Å². The molecule has 0 unspecified atom stereocenters. The van der Waals surface area contributed by atoms with Crippen molar-refractivity contribution in [1.29, 1.82) is 0 Å². The van der Waals surface area contributed by atoms with E-state index in [1.165, 1.54) is 5.56 Å². The minimum atomic E-state index is -0.185. The molecule has 106 valence electrons. The van der Waals surface area contributed by atoms with Gasteiger partial charge < -0.3 is 9.47 Å². The molecule has 4 heteroatoms. The molecule has 0 atom stereocenters. The predicted molar refractivity (Wildman–Crippen MR) is 74.8 cm³/mol. The van der Waals surface area contributed by atoms with Crippen LogP contribution in [-0.4, -0.2) is 43.8 Å². The van der Waals surface area contributed by atoms with Crippen molar-refractivity contribution >= 4 is 5.97 Å². The molecule has 0 spiro atoms. The highest BCUT2D eigenvalue weighted by Gasteiger charge is 2.11. The fourth-order valence-electron chi connectivity index (χ4n) is 1.78. The Morgan fingerprint density at radius 3 is 2.53 bits per heavy atom. The second-order valence-corrected chi connectivity index (χ2v) is 4.20. The first-order valence-electron chi connectivity index (χ1n) is 6.75. The Kier molecular flexibility index (Phi) is 7.86. The molecule has 0 aliphatic heterocycles. The Labute approximate surface area is 115 Å². The summed E-state index contributed by atoms with van der Waals surface area (Å²) in [7, 11) is 0. The van der Waals surface area contributed by atoms with E-state index in [9.17, 15) is 4.79 Å². The summed E-state index contributed by atoms with van der Waals surface area (Å²) in [5.41, 5.74) is 1.18. The summed E-state index contributed by atoms with van der Waals surface area (Å²) >= 11 is 0. The zero-order chi connectivity index (χ0) is 13.9. The van der Waals surface area contributed by atoms with E-state index in [4.69, 9.17) is 9.47 Å². The Hall–Kier alpha value is -1.39. The number of benzene rings is 1. The quantitative estimate of drug-likeness (QED) is 0.506. The van der Waals surface area contributed by atoms with Gasteiger partial charge in [-0.15, -0.1) is 0 Å². The van der Waals surface area contributed by atoms with Crippen molar-refractivity contribution in [1.82, 2.24) is 4.90 Å². The van der Waals surface area contributed by atoms with Crippen LogP contribution in [0.1, 0.15) is 19.4 Å². The van der Waals surface area contributed by atoms with E-state index < -0.39 is 0 Å². The lowest BCUT2D eigenvalue weighted by Crippen LogP contribution is -2.33. The molecule has 0 heterocycles. The lowest BCUT2D eigenvalue weighted by Gasteiger charge is -2.21. The zero-order valence-corrected chi connectivity index (χ0v) is 11.8. The minimum Gasteiger partial charge on any atom is -0.465 e. The minimum absolute atomic E-state index is 0.185. The van der Waals surface area contributed by atoms with Crippen LogP contribution in [0.15, 0.2) is 30.3 Å². The van der Waals surface area contributed by atoms with Gasteiger partial charge in [0.2, 0.25) is 0 Å². The summed E-state index contributed by atoms with van der Waals surface area (Å²) in [6, 6.07) is 10.1. The van der Waals surface area contributed by atoms with Crippen LogP contribution in [0.5, 0.6) is 0 Å². The van der Waals surface area contributed by atoms with Crippen molar-refractivity contribution in [2.45, 2.75) is 20.4 Å². The van der Waals surface area contributed by atoms with Crippen molar-refractivity contribution in [3.8, 4) is 0 Å². The summed E-state index contributed by atoms with van der Waals surface area (Å²) in [6.45, 7) is 7.28. The largest absolute Gasteiger partial charge is 0.465 e. The van der Waals surface area contributed by atoms with E-state index in [1.54, 1.807) is 0 Å². The van der Waals surface area contributed by atoms with Gasteiger partial charge in [0.05, 0.1) is 19.8 Å². The number of nitrogens with zero attached hydrogens (tertiary/aromatic N) is 1. The van der Waals surface area contributed by atoms with Gasteiger partial charge in [-0.3, -0.25) is 9.69 Å². The van der Waals surface area contributed by atoms with Gasteiger partial charge in [-0.2, -0.15) is 0 Å². The highest BCUT2D eigenvalue weighted by atomic mass is 16.5. The third-order valence-electron chi connectivity index (χ3n) is 2.66. The molecule has 0 saturated carbocycles. The molecule has 1 rings (SSSR count). The van der Waals surface area contributed by atoms with Gasteiger partial charge >= 0.3 is 5.97 Å². The molecule has 0 saturated heterocycles. The zero-order valence-electron chi connectivity index (χ0n) is 11.8. The highest BCUT2D eigenvalue weighted by molar-refractivity contribution is 5.71. The molecule has 0 aromatic heterocycles. The molecular formula is C15H23NO3. The Morgan fingerprint density at radius 2 is 1.89 bits per heavy atom. The standard InChI is InChI=1S/C15H23NO3/c1-3-18-11-10-16(13-15(17)19-4-2)12-14-8-6-5-7-9-14/h5-9H,3-4,10-13H2,1-2H3. The van der Waals surface area contributed by atoms with Crippen molar-refractivity contribution in [2.24, 2.45) is 0 Å². The average Bonchev–Trinajstić information content (AvgIpc) is 2.40. The van der Waals surface area contributed by atoms with E-state index in [0.29, 0.717) is 26.4 Å². The van der Waals surface area contributed by atoms with Gasteiger partial charge in [-0.1, -0.05) is 30.3 Å². The number of hydrogen-bond donors (Lipinski definition) is 0. The van der Waals surface area contributed by atoms with Crippen molar-refractivity contribution in [3.05, 3.63) is 35.9 Å². The lowest BCUT2D eigenvalue weighted by atomic mass is 10.2. The maximum absolute atomic E-state index is 11.6. The van der Waals surface area contributed by atoms with Crippen molar-refractivity contribution in [2.75, 3.05) is 32.9 Å². The van der Waals surface area contributed by atoms with E-state index in [-0.39, 0.29) is 5.97 Å². The summed E-state index contributed by atoms with van der Waals surface area (Å²) in [4.78, 5) is 13.6. The Balaban J connectivity index is 2.50. The van der Waals surface area contributed by atoms with Crippen LogP contribution < -0.4 is 0 Å². The number of hydrogen-bond acceptors (Lipinski definition) is 4. The molecule has 1 aromatic rings. The molecular weight excluding hydrogens is 242 g/mol. The topological polar surface area (TPSA) is 38.8 Å². The number of ether oxygens (including phenoxy) is 2. The number of carbonyl (C=O) groups excluding carboxylic acids is 1. The number of carbonyl (C=O) groups is 1. The van der Waals surface area contributed by atoms with E-state index in [0.717, 1.165) is 13.1 Å². The van der Waals surface area contributed by atoms with Crippen LogP contribution in [0.4, 0.5) is 0 Å². The SMILES string of the molecule is CCOCCN(CC(=O)OCC)Cc1ccccc1. The number of rotatable bonds is 9. The maximum atomic E-state index is 11.6. The third kappa shape index (κ3) is 6.94. The molecule has 0 bridgehead atoms. The van der Waals surface area contributed by atoms with E-state index >= 15 is 0 Å². The molecule has 0 amide bonds. The lowest BCUT2D eigenvalue weighted by molar-refractivity contribution is -0.144. The Morgan fingerprint density at radius 1 is 1.16 bits per heavy atom. The van der Waals surface area contributed by atoms with Crippen LogP contribution in [0.2, 0.25) is 0 Å². The van der Waals surface area contributed by atoms with Crippen LogP contribution in [0.25, 0.3) is 0 Å². The van der Waals surface area contributed by atoms with Crippen LogP contribution in [0.3, 0.4) is 0 Å². The van der Waals surface area contributed by atoms with Crippen LogP contribution in [0, 0.1) is 0 Å². The molecule has 0 radical (unpaired) electrons. The van der Waals surface area contributed by atoms with Crippen LogP contribution in [-0.2, 0) is 20.8 Å². The van der Waals surface area contributed by atoms with Gasteiger partial charge in [0.15, 0.2) is 0 Å². The fourth-order valence-corrected chi connectivity index (χ4v) is 1.78. The van der Waals surface area contributed by atoms with Gasteiger partial charge in [0.1, 0.15) is 0 Å².